The molecule has 1 heteroatoms. The number of nitrogens with two attached hydrogens (primary N) is 1. The van der Waals surface area contributed by atoms with Gasteiger partial charge in [-0.1, -0.05) is 76.5 Å². The summed E-state index contributed by atoms with van der Waals surface area (Å²) >= 11 is 0. The van der Waals surface area contributed by atoms with Crippen LogP contribution in [0.25, 0.3) is 0 Å². The number of benzene rings is 1. The molecule has 1 aromatic carbocycles. The summed E-state index contributed by atoms with van der Waals surface area (Å²) in [5.41, 5.74) is 10.3. The minimum absolute atomic E-state index is 0.217. The molecule has 1 rings (SSSR count). The Labute approximate surface area is 126 Å². The van der Waals surface area contributed by atoms with Gasteiger partial charge in [0.15, 0.2) is 0 Å². The first-order valence-electron chi connectivity index (χ1n) is 8.48. The van der Waals surface area contributed by atoms with E-state index in [1.807, 2.05) is 0 Å². The van der Waals surface area contributed by atoms with E-state index in [2.05, 4.69) is 39.0 Å². The highest BCUT2D eigenvalue weighted by Crippen LogP contribution is 2.20. The molecule has 1 aromatic rings. The Morgan fingerprint density at radius 2 is 1.45 bits per heavy atom. The van der Waals surface area contributed by atoms with Crippen LogP contribution in [0.4, 0.5) is 0 Å². The van der Waals surface area contributed by atoms with Gasteiger partial charge in [0.05, 0.1) is 0 Å². The van der Waals surface area contributed by atoms with E-state index in [1.165, 1.54) is 68.1 Å². The Kier molecular flexibility index (Phi) is 8.60. The van der Waals surface area contributed by atoms with E-state index in [0.717, 1.165) is 6.42 Å². The molecular weight excluding hydrogens is 242 g/mol. The molecule has 0 amide bonds. The summed E-state index contributed by atoms with van der Waals surface area (Å²) in [5, 5.41) is 0. The molecule has 0 spiro atoms. The summed E-state index contributed by atoms with van der Waals surface area (Å²) in [5.74, 6) is 0. The second-order valence-electron chi connectivity index (χ2n) is 6.21. The van der Waals surface area contributed by atoms with E-state index in [4.69, 9.17) is 5.73 Å². The summed E-state index contributed by atoms with van der Waals surface area (Å²) < 4.78 is 0. The highest BCUT2D eigenvalue weighted by molar-refractivity contribution is 5.31. The largest absolute Gasteiger partial charge is 0.324 e. The minimum atomic E-state index is 0.217. The topological polar surface area (TPSA) is 26.0 Å². The van der Waals surface area contributed by atoms with Crippen LogP contribution in [0.2, 0.25) is 0 Å². The molecule has 0 radical (unpaired) electrons. The highest BCUT2D eigenvalue weighted by Gasteiger charge is 2.06. The number of unbranched alkanes of at least 4 members (excludes halogenated alkanes) is 7. The fourth-order valence-electron chi connectivity index (χ4n) is 2.66. The van der Waals surface area contributed by atoms with Gasteiger partial charge in [0.25, 0.3) is 0 Å². The lowest BCUT2D eigenvalue weighted by Crippen LogP contribution is -2.10. The molecule has 0 fully saturated rings. The van der Waals surface area contributed by atoms with Crippen LogP contribution in [0.15, 0.2) is 18.2 Å². The van der Waals surface area contributed by atoms with Gasteiger partial charge in [-0.3, -0.25) is 0 Å². The van der Waals surface area contributed by atoms with Gasteiger partial charge >= 0.3 is 0 Å². The van der Waals surface area contributed by atoms with E-state index in [9.17, 15) is 0 Å². The van der Waals surface area contributed by atoms with Crippen molar-refractivity contribution in [1.82, 2.24) is 0 Å². The van der Waals surface area contributed by atoms with Gasteiger partial charge in [-0.2, -0.15) is 0 Å². The van der Waals surface area contributed by atoms with Crippen molar-refractivity contribution in [3.05, 3.63) is 34.9 Å². The third-order valence-corrected chi connectivity index (χ3v) is 4.33. The molecule has 0 aliphatic rings. The zero-order valence-electron chi connectivity index (χ0n) is 13.8. The molecule has 20 heavy (non-hydrogen) atoms. The summed E-state index contributed by atoms with van der Waals surface area (Å²) in [6.07, 6.45) is 12.1. The van der Waals surface area contributed by atoms with Crippen LogP contribution < -0.4 is 5.73 Å². The van der Waals surface area contributed by atoms with Crippen LogP contribution in [0, 0.1) is 13.8 Å². The zero-order chi connectivity index (χ0) is 14.8. The van der Waals surface area contributed by atoms with Crippen molar-refractivity contribution in [1.29, 1.82) is 0 Å². The van der Waals surface area contributed by atoms with Crippen molar-refractivity contribution < 1.29 is 0 Å². The van der Waals surface area contributed by atoms with Gasteiger partial charge < -0.3 is 5.73 Å². The van der Waals surface area contributed by atoms with Crippen molar-refractivity contribution in [3.8, 4) is 0 Å². The predicted octanol–water partition coefficient (Wildman–Crippen LogP) is 5.83. The molecule has 0 saturated heterocycles. The monoisotopic (exact) mass is 275 g/mol. The first-order valence-corrected chi connectivity index (χ1v) is 8.48. The van der Waals surface area contributed by atoms with Crippen LogP contribution in [-0.2, 0) is 0 Å². The molecule has 0 aromatic heterocycles. The summed E-state index contributed by atoms with van der Waals surface area (Å²) in [6, 6.07) is 6.86. The van der Waals surface area contributed by atoms with Crippen LogP contribution in [0.1, 0.15) is 87.4 Å². The van der Waals surface area contributed by atoms with E-state index in [-0.39, 0.29) is 6.04 Å². The molecule has 1 atom stereocenters. The lowest BCUT2D eigenvalue weighted by molar-refractivity contribution is 0.536. The summed E-state index contributed by atoms with van der Waals surface area (Å²) in [6.45, 7) is 6.60. The normalized spacial score (nSPS) is 12.6. The molecule has 2 N–H and O–H groups in total. The fourth-order valence-corrected chi connectivity index (χ4v) is 2.66. The lowest BCUT2D eigenvalue weighted by Gasteiger charge is -2.13. The summed E-state index contributed by atoms with van der Waals surface area (Å²) in [7, 11) is 0. The number of hydrogen-bond acceptors (Lipinski definition) is 1. The Morgan fingerprint density at radius 3 is 2.05 bits per heavy atom. The van der Waals surface area contributed by atoms with E-state index < -0.39 is 0 Å². The van der Waals surface area contributed by atoms with Crippen LogP contribution >= 0.6 is 0 Å². The van der Waals surface area contributed by atoms with Gasteiger partial charge in [-0.05, 0) is 37.0 Å². The lowest BCUT2D eigenvalue weighted by atomic mass is 9.97. The Bertz CT molecular complexity index is 370. The Balaban J connectivity index is 2.13. The van der Waals surface area contributed by atoms with Gasteiger partial charge in [0.2, 0.25) is 0 Å². The fraction of sp³-hybridized carbons (Fsp3) is 0.684. The third kappa shape index (κ3) is 6.56. The quantitative estimate of drug-likeness (QED) is 0.534. The molecule has 1 unspecified atom stereocenters. The van der Waals surface area contributed by atoms with Gasteiger partial charge in [0, 0.05) is 6.04 Å². The van der Waals surface area contributed by atoms with E-state index >= 15 is 0 Å². The second-order valence-corrected chi connectivity index (χ2v) is 6.21. The summed E-state index contributed by atoms with van der Waals surface area (Å²) in [4.78, 5) is 0. The van der Waals surface area contributed by atoms with Crippen LogP contribution in [-0.4, -0.2) is 0 Å². The van der Waals surface area contributed by atoms with Crippen molar-refractivity contribution in [2.24, 2.45) is 5.73 Å². The third-order valence-electron chi connectivity index (χ3n) is 4.33. The standard InChI is InChI=1S/C19H33N/c1-4-5-6-7-8-9-10-11-12-19(20)18-14-13-16(2)17(3)15-18/h13-15,19H,4-12,20H2,1-3H3. The maximum absolute atomic E-state index is 6.29. The van der Waals surface area contributed by atoms with Crippen molar-refractivity contribution in [2.45, 2.75) is 84.6 Å². The predicted molar refractivity (Wildman–Crippen MR) is 90.1 cm³/mol. The SMILES string of the molecule is CCCCCCCCCCC(N)c1ccc(C)c(C)c1. The molecular formula is C19H33N. The highest BCUT2D eigenvalue weighted by atomic mass is 14.6. The Morgan fingerprint density at radius 1 is 0.850 bits per heavy atom. The van der Waals surface area contributed by atoms with Crippen molar-refractivity contribution >= 4 is 0 Å². The zero-order valence-corrected chi connectivity index (χ0v) is 13.8. The smallest absolute Gasteiger partial charge is 0.0294 e. The molecule has 0 saturated carbocycles. The molecule has 114 valence electrons. The average molecular weight is 275 g/mol. The maximum Gasteiger partial charge on any atom is 0.0294 e. The minimum Gasteiger partial charge on any atom is -0.324 e. The van der Waals surface area contributed by atoms with E-state index in [1.54, 1.807) is 0 Å². The van der Waals surface area contributed by atoms with Gasteiger partial charge in [-0.25, -0.2) is 0 Å². The first-order chi connectivity index (χ1) is 9.65. The van der Waals surface area contributed by atoms with Gasteiger partial charge in [-0.15, -0.1) is 0 Å². The van der Waals surface area contributed by atoms with Gasteiger partial charge in [0.1, 0.15) is 0 Å². The average Bonchev–Trinajstić information content (AvgIpc) is 2.44. The molecule has 0 heterocycles. The second kappa shape index (κ2) is 9.99. The molecule has 0 aliphatic heterocycles. The molecule has 1 nitrogen and oxygen atoms in total. The van der Waals surface area contributed by atoms with Crippen molar-refractivity contribution in [2.75, 3.05) is 0 Å². The molecule has 0 aliphatic carbocycles. The van der Waals surface area contributed by atoms with Crippen LogP contribution in [0.5, 0.6) is 0 Å². The van der Waals surface area contributed by atoms with Crippen LogP contribution in [0.3, 0.4) is 0 Å². The maximum atomic E-state index is 6.29. The van der Waals surface area contributed by atoms with Crippen molar-refractivity contribution in [3.63, 3.8) is 0 Å². The van der Waals surface area contributed by atoms with E-state index in [0.29, 0.717) is 0 Å². The number of aryl methyl sites for hydroxylation is 2. The first kappa shape index (κ1) is 17.2. The number of hydrogen-bond donors (Lipinski definition) is 1. The number of rotatable bonds is 10. The molecule has 0 bridgehead atoms. The Hall–Kier alpha value is -0.820.